The molecular formula is C21H21ClN6S. The van der Waals surface area contributed by atoms with Gasteiger partial charge in [0.15, 0.2) is 5.16 Å². The number of fused-ring (bicyclic) bond motifs is 2. The quantitative estimate of drug-likeness (QED) is 0.472. The van der Waals surface area contributed by atoms with Gasteiger partial charge in [-0.3, -0.25) is 4.98 Å². The molecule has 1 atom stereocenters. The Kier molecular flexibility index (Phi) is 4.81. The lowest BCUT2D eigenvalue weighted by molar-refractivity contribution is 0.751. The number of rotatable bonds is 4. The van der Waals surface area contributed by atoms with Crippen LogP contribution in [-0.2, 0) is 6.42 Å². The van der Waals surface area contributed by atoms with Crippen molar-refractivity contribution in [2.24, 2.45) is 5.73 Å². The van der Waals surface area contributed by atoms with E-state index in [2.05, 4.69) is 46.1 Å². The summed E-state index contributed by atoms with van der Waals surface area (Å²) in [5.41, 5.74) is 8.87. The highest BCUT2D eigenvalue weighted by Crippen LogP contribution is 2.37. The van der Waals surface area contributed by atoms with Crippen molar-refractivity contribution >= 4 is 51.1 Å². The van der Waals surface area contributed by atoms with Gasteiger partial charge >= 0.3 is 0 Å². The largest absolute Gasteiger partial charge is 0.354 e. The molecular weight excluding hydrogens is 404 g/mol. The highest BCUT2D eigenvalue weighted by molar-refractivity contribution is 7.99. The Bertz CT molecular complexity index is 1210. The lowest BCUT2D eigenvalue weighted by Crippen LogP contribution is -2.27. The summed E-state index contributed by atoms with van der Waals surface area (Å²) in [5.74, 6) is 0.866. The average molecular weight is 425 g/mol. The number of hydrogen-bond donors (Lipinski definition) is 2. The van der Waals surface area contributed by atoms with Crippen LogP contribution in [0.5, 0.6) is 0 Å². The van der Waals surface area contributed by atoms with Gasteiger partial charge in [-0.25, -0.2) is 9.97 Å². The van der Waals surface area contributed by atoms with Gasteiger partial charge < -0.3 is 15.6 Å². The van der Waals surface area contributed by atoms with Crippen LogP contribution in [0.3, 0.4) is 0 Å². The first-order valence-corrected chi connectivity index (χ1v) is 10.9. The third-order valence-corrected chi connectivity index (χ3v) is 6.56. The molecule has 3 aromatic heterocycles. The lowest BCUT2D eigenvalue weighted by Gasteiger charge is -2.18. The van der Waals surface area contributed by atoms with Gasteiger partial charge in [-0.2, -0.15) is 0 Å². The minimum absolute atomic E-state index is 0.158. The third-order valence-electron chi connectivity index (χ3n) is 5.29. The first-order chi connectivity index (χ1) is 14.1. The van der Waals surface area contributed by atoms with Crippen molar-refractivity contribution in [1.29, 1.82) is 0 Å². The van der Waals surface area contributed by atoms with Gasteiger partial charge in [0.25, 0.3) is 0 Å². The second-order valence-corrected chi connectivity index (χ2v) is 8.70. The van der Waals surface area contributed by atoms with Crippen LogP contribution in [0.15, 0.2) is 46.6 Å². The minimum Gasteiger partial charge on any atom is -0.354 e. The second kappa shape index (κ2) is 7.48. The SMILES string of the molecule is CCc1[nH]c2nc(Sc3ccc4cccnc4c3)nc(N3CC[C@@H](N)C3)c2c1Cl. The number of aromatic amines is 1. The average Bonchev–Trinajstić information content (AvgIpc) is 3.30. The van der Waals surface area contributed by atoms with E-state index in [1.165, 1.54) is 11.8 Å². The fourth-order valence-electron chi connectivity index (χ4n) is 3.78. The van der Waals surface area contributed by atoms with E-state index in [-0.39, 0.29) is 6.04 Å². The molecule has 0 amide bonds. The van der Waals surface area contributed by atoms with Crippen molar-refractivity contribution < 1.29 is 0 Å². The van der Waals surface area contributed by atoms with Crippen LogP contribution in [0.2, 0.25) is 5.02 Å². The maximum Gasteiger partial charge on any atom is 0.196 e. The smallest absolute Gasteiger partial charge is 0.196 e. The molecule has 0 aliphatic carbocycles. The van der Waals surface area contributed by atoms with E-state index in [1.807, 2.05) is 6.07 Å². The van der Waals surface area contributed by atoms with Crippen LogP contribution in [0, 0.1) is 0 Å². The summed E-state index contributed by atoms with van der Waals surface area (Å²) >= 11 is 8.20. The van der Waals surface area contributed by atoms with E-state index in [4.69, 9.17) is 27.3 Å². The van der Waals surface area contributed by atoms with E-state index in [0.29, 0.717) is 10.2 Å². The number of nitrogens with one attached hydrogen (secondary N) is 1. The van der Waals surface area contributed by atoms with E-state index in [9.17, 15) is 0 Å². The lowest BCUT2D eigenvalue weighted by atomic mass is 10.2. The fraction of sp³-hybridized carbons (Fsp3) is 0.286. The van der Waals surface area contributed by atoms with Crippen molar-refractivity contribution in [2.45, 2.75) is 35.9 Å². The van der Waals surface area contributed by atoms with E-state index in [0.717, 1.165) is 64.3 Å². The number of hydrogen-bond acceptors (Lipinski definition) is 6. The Morgan fingerprint density at radius 1 is 1.31 bits per heavy atom. The van der Waals surface area contributed by atoms with Crippen LogP contribution in [-0.4, -0.2) is 39.1 Å². The van der Waals surface area contributed by atoms with Gasteiger partial charge in [-0.1, -0.05) is 30.7 Å². The maximum atomic E-state index is 6.67. The van der Waals surface area contributed by atoms with Crippen LogP contribution in [0.4, 0.5) is 5.82 Å². The fourth-order valence-corrected chi connectivity index (χ4v) is 4.92. The maximum absolute atomic E-state index is 6.67. The molecule has 5 rings (SSSR count). The normalized spacial score (nSPS) is 16.9. The Morgan fingerprint density at radius 2 is 2.21 bits per heavy atom. The Labute approximate surface area is 177 Å². The number of H-pyrrole nitrogens is 1. The second-order valence-electron chi connectivity index (χ2n) is 7.28. The van der Waals surface area contributed by atoms with Crippen LogP contribution in [0.1, 0.15) is 19.0 Å². The van der Waals surface area contributed by atoms with Gasteiger partial charge in [0.2, 0.25) is 0 Å². The topological polar surface area (TPSA) is 83.7 Å². The molecule has 0 radical (unpaired) electrons. The number of aryl methyl sites for hydroxylation is 1. The number of halogens is 1. The predicted molar refractivity (Wildman–Crippen MR) is 119 cm³/mol. The third kappa shape index (κ3) is 3.43. The highest BCUT2D eigenvalue weighted by Gasteiger charge is 2.26. The van der Waals surface area contributed by atoms with Gasteiger partial charge in [-0.05, 0) is 42.8 Å². The molecule has 3 N–H and O–H groups in total. The monoisotopic (exact) mass is 424 g/mol. The molecule has 0 unspecified atom stereocenters. The summed E-state index contributed by atoms with van der Waals surface area (Å²) in [6.45, 7) is 3.73. The summed E-state index contributed by atoms with van der Waals surface area (Å²) < 4.78 is 0. The summed E-state index contributed by atoms with van der Waals surface area (Å²) in [7, 11) is 0. The molecule has 1 fully saturated rings. The van der Waals surface area contributed by atoms with E-state index < -0.39 is 0 Å². The molecule has 0 spiro atoms. The van der Waals surface area contributed by atoms with Crippen LogP contribution in [0.25, 0.3) is 21.9 Å². The molecule has 0 bridgehead atoms. The molecule has 4 aromatic rings. The summed E-state index contributed by atoms with van der Waals surface area (Å²) in [4.78, 5) is 20.8. The van der Waals surface area contributed by atoms with Crippen molar-refractivity contribution in [3.8, 4) is 0 Å². The van der Waals surface area contributed by atoms with Gasteiger partial charge in [-0.15, -0.1) is 0 Å². The number of nitrogens with zero attached hydrogens (tertiary/aromatic N) is 4. The molecule has 1 aromatic carbocycles. The molecule has 8 heteroatoms. The molecule has 1 aliphatic heterocycles. The minimum atomic E-state index is 0.158. The van der Waals surface area contributed by atoms with E-state index >= 15 is 0 Å². The van der Waals surface area contributed by atoms with Crippen molar-refractivity contribution in [3.05, 3.63) is 47.2 Å². The zero-order valence-corrected chi connectivity index (χ0v) is 17.6. The molecule has 29 heavy (non-hydrogen) atoms. The van der Waals surface area contributed by atoms with E-state index in [1.54, 1.807) is 6.20 Å². The zero-order chi connectivity index (χ0) is 20.0. The Hall–Kier alpha value is -2.35. The standard InChI is InChI=1S/C21H21ClN6S/c1-2-15-18(22)17-19(25-15)26-21(27-20(17)28-9-7-13(23)11-28)29-14-6-5-12-4-3-8-24-16(12)10-14/h3-6,8,10,13H,2,7,9,11,23H2,1H3,(H,25,26,27)/t13-/m1/s1. The van der Waals surface area contributed by atoms with Crippen molar-refractivity contribution in [1.82, 2.24) is 19.9 Å². The van der Waals surface area contributed by atoms with Gasteiger partial charge in [0.05, 0.1) is 15.9 Å². The van der Waals surface area contributed by atoms with Crippen LogP contribution >= 0.6 is 23.4 Å². The predicted octanol–water partition coefficient (Wildman–Crippen LogP) is 4.41. The summed E-state index contributed by atoms with van der Waals surface area (Å²) in [5, 5.41) is 3.40. The number of aromatic nitrogens is 4. The number of nitrogens with two attached hydrogens (primary N) is 1. The number of pyridine rings is 1. The van der Waals surface area contributed by atoms with Gasteiger partial charge in [0, 0.05) is 41.3 Å². The molecule has 6 nitrogen and oxygen atoms in total. The molecule has 1 saturated heterocycles. The van der Waals surface area contributed by atoms with Gasteiger partial charge in [0.1, 0.15) is 11.5 Å². The first kappa shape index (κ1) is 18.7. The molecule has 1 aliphatic rings. The highest BCUT2D eigenvalue weighted by atomic mass is 35.5. The number of anilines is 1. The molecule has 4 heterocycles. The van der Waals surface area contributed by atoms with Crippen molar-refractivity contribution in [2.75, 3.05) is 18.0 Å². The molecule has 0 saturated carbocycles. The summed E-state index contributed by atoms with van der Waals surface area (Å²) in [6.07, 6.45) is 3.57. The van der Waals surface area contributed by atoms with Crippen molar-refractivity contribution in [3.63, 3.8) is 0 Å². The first-order valence-electron chi connectivity index (χ1n) is 9.73. The van der Waals surface area contributed by atoms with Crippen LogP contribution < -0.4 is 10.6 Å². The Balaban J connectivity index is 1.59. The Morgan fingerprint density at radius 3 is 3.00 bits per heavy atom. The summed E-state index contributed by atoms with van der Waals surface area (Å²) in [6, 6.07) is 10.4. The number of benzene rings is 1. The zero-order valence-electron chi connectivity index (χ0n) is 16.0. The molecule has 148 valence electrons.